The minimum absolute atomic E-state index is 0.0858. The van der Waals surface area contributed by atoms with Crippen LogP contribution >= 0.6 is 0 Å². The molecule has 0 fully saturated rings. The van der Waals surface area contributed by atoms with E-state index in [1.807, 2.05) is 84.9 Å². The van der Waals surface area contributed by atoms with Gasteiger partial charge in [0.05, 0.1) is 21.5 Å². The van der Waals surface area contributed by atoms with Crippen LogP contribution in [0.2, 0.25) is 0 Å². The van der Waals surface area contributed by atoms with Crippen molar-refractivity contribution in [3.63, 3.8) is 0 Å². The van der Waals surface area contributed by atoms with Crippen molar-refractivity contribution in [2.24, 2.45) is 0 Å². The van der Waals surface area contributed by atoms with Gasteiger partial charge in [0, 0.05) is 17.3 Å². The van der Waals surface area contributed by atoms with Gasteiger partial charge in [-0.1, -0.05) is 66.7 Å². The lowest BCUT2D eigenvalue weighted by Gasteiger charge is -2.09. The van der Waals surface area contributed by atoms with Crippen molar-refractivity contribution in [3.8, 4) is 28.2 Å². The van der Waals surface area contributed by atoms with Gasteiger partial charge in [-0.25, -0.2) is 4.98 Å². The van der Waals surface area contributed by atoms with E-state index in [1.165, 1.54) is 6.07 Å². The first kappa shape index (κ1) is 17.8. The molecular weight excluding hydrogens is 374 g/mol. The molecule has 0 radical (unpaired) electrons. The summed E-state index contributed by atoms with van der Waals surface area (Å²) in [5, 5.41) is 11.5. The summed E-state index contributed by atoms with van der Waals surface area (Å²) in [5.41, 5.74) is 5.19. The smallest absolute Gasteiger partial charge is 0.277 e. The molecule has 0 unspecified atom stereocenters. The molecule has 0 bridgehead atoms. The van der Waals surface area contributed by atoms with Gasteiger partial charge < -0.3 is 0 Å². The van der Waals surface area contributed by atoms with Crippen LogP contribution in [0.1, 0.15) is 0 Å². The van der Waals surface area contributed by atoms with E-state index in [4.69, 9.17) is 4.98 Å². The molecule has 5 heteroatoms. The van der Waals surface area contributed by atoms with Gasteiger partial charge >= 0.3 is 0 Å². The highest BCUT2D eigenvalue weighted by molar-refractivity contribution is 5.88. The molecule has 30 heavy (non-hydrogen) atoms. The highest BCUT2D eigenvalue weighted by Crippen LogP contribution is 2.34. The van der Waals surface area contributed by atoms with Crippen molar-refractivity contribution in [1.82, 2.24) is 9.55 Å². The third-order valence-electron chi connectivity index (χ3n) is 5.11. The van der Waals surface area contributed by atoms with Crippen molar-refractivity contribution < 1.29 is 4.92 Å². The molecule has 0 saturated carbocycles. The van der Waals surface area contributed by atoms with Crippen molar-refractivity contribution in [2.45, 2.75) is 0 Å². The van der Waals surface area contributed by atoms with E-state index in [1.54, 1.807) is 12.1 Å². The first-order valence-corrected chi connectivity index (χ1v) is 9.59. The molecule has 0 saturated heterocycles. The van der Waals surface area contributed by atoms with E-state index in [9.17, 15) is 10.1 Å². The van der Waals surface area contributed by atoms with E-state index in [2.05, 4.69) is 4.57 Å². The Kier molecular flexibility index (Phi) is 4.33. The van der Waals surface area contributed by atoms with Crippen LogP contribution in [0, 0.1) is 10.1 Å². The molecule has 5 rings (SSSR count). The zero-order valence-corrected chi connectivity index (χ0v) is 16.0. The lowest BCUT2D eigenvalue weighted by atomic mass is 10.0. The molecule has 144 valence electrons. The molecule has 0 aliphatic heterocycles. The number of imidazole rings is 1. The Morgan fingerprint density at radius 3 is 2.13 bits per heavy atom. The Labute approximate surface area is 173 Å². The predicted molar refractivity (Wildman–Crippen MR) is 119 cm³/mol. The molecule has 0 amide bonds. The molecule has 0 atom stereocenters. The van der Waals surface area contributed by atoms with Crippen molar-refractivity contribution in [1.29, 1.82) is 0 Å². The summed E-state index contributed by atoms with van der Waals surface area (Å²) < 4.78 is 2.12. The first-order valence-electron chi connectivity index (χ1n) is 9.59. The van der Waals surface area contributed by atoms with Crippen LogP contribution in [0.25, 0.3) is 39.2 Å². The Hall–Kier alpha value is -4.25. The molecule has 0 spiro atoms. The fourth-order valence-electron chi connectivity index (χ4n) is 3.74. The van der Waals surface area contributed by atoms with Gasteiger partial charge in [0.15, 0.2) is 0 Å². The van der Waals surface area contributed by atoms with Crippen LogP contribution in [0.3, 0.4) is 0 Å². The quantitative estimate of drug-likeness (QED) is 0.268. The van der Waals surface area contributed by atoms with Crippen molar-refractivity contribution in [2.75, 3.05) is 0 Å². The number of nitro benzene ring substituents is 1. The second kappa shape index (κ2) is 7.29. The monoisotopic (exact) mass is 391 g/mol. The molecular formula is C25H17N3O2. The molecule has 0 aliphatic rings. The lowest BCUT2D eigenvalue weighted by molar-refractivity contribution is -0.384. The Bertz CT molecular complexity index is 1360. The summed E-state index contributed by atoms with van der Waals surface area (Å²) >= 11 is 0. The van der Waals surface area contributed by atoms with Gasteiger partial charge in [-0.2, -0.15) is 0 Å². The Morgan fingerprint density at radius 1 is 0.733 bits per heavy atom. The summed E-state index contributed by atoms with van der Waals surface area (Å²) in [4.78, 5) is 16.0. The molecule has 1 aromatic heterocycles. The summed E-state index contributed by atoms with van der Waals surface area (Å²) in [6.45, 7) is 0. The number of fused-ring (bicyclic) bond motifs is 1. The zero-order chi connectivity index (χ0) is 20.5. The maximum atomic E-state index is 11.5. The Balaban J connectivity index is 1.76. The molecule has 4 aromatic carbocycles. The standard InChI is InChI=1S/C25H17N3O2/c29-28(30)23-14-8-7-13-21(23)19-15-16-24-22(17-19)26-25(18-9-3-1-4-10-18)27(24)20-11-5-2-6-12-20/h1-17H. The van der Waals surface area contributed by atoms with Gasteiger partial charge in [0.1, 0.15) is 5.82 Å². The molecule has 0 aliphatic carbocycles. The highest BCUT2D eigenvalue weighted by atomic mass is 16.6. The zero-order valence-electron chi connectivity index (χ0n) is 16.0. The maximum Gasteiger partial charge on any atom is 0.277 e. The molecule has 0 N–H and O–H groups in total. The number of rotatable bonds is 4. The van der Waals surface area contributed by atoms with E-state index < -0.39 is 0 Å². The first-order chi connectivity index (χ1) is 14.7. The number of hydrogen-bond donors (Lipinski definition) is 0. The van der Waals surface area contributed by atoms with E-state index >= 15 is 0 Å². The van der Waals surface area contributed by atoms with Gasteiger partial charge in [-0.15, -0.1) is 0 Å². The minimum atomic E-state index is -0.350. The third kappa shape index (κ3) is 3.02. The van der Waals surface area contributed by atoms with Crippen molar-refractivity contribution >= 4 is 16.7 Å². The number of nitro groups is 1. The predicted octanol–water partition coefficient (Wildman–Crippen LogP) is 6.27. The summed E-state index contributed by atoms with van der Waals surface area (Å²) in [6, 6.07) is 32.7. The van der Waals surface area contributed by atoms with Crippen LogP contribution in [-0.4, -0.2) is 14.5 Å². The lowest BCUT2D eigenvalue weighted by Crippen LogP contribution is -1.97. The third-order valence-corrected chi connectivity index (χ3v) is 5.11. The fourth-order valence-corrected chi connectivity index (χ4v) is 3.74. The SMILES string of the molecule is O=[N+]([O-])c1ccccc1-c1ccc2c(c1)nc(-c1ccccc1)n2-c1ccccc1. The van der Waals surface area contributed by atoms with E-state index in [-0.39, 0.29) is 10.6 Å². The number of nitrogens with zero attached hydrogens (tertiary/aromatic N) is 3. The van der Waals surface area contributed by atoms with Crippen LogP contribution in [0.4, 0.5) is 5.69 Å². The van der Waals surface area contributed by atoms with E-state index in [0.29, 0.717) is 5.56 Å². The molecule has 5 aromatic rings. The number of hydrogen-bond acceptors (Lipinski definition) is 3. The summed E-state index contributed by atoms with van der Waals surface area (Å²) in [7, 11) is 0. The summed E-state index contributed by atoms with van der Waals surface area (Å²) in [5.74, 6) is 0.830. The average molecular weight is 391 g/mol. The van der Waals surface area contributed by atoms with Crippen LogP contribution in [0.5, 0.6) is 0 Å². The minimum Gasteiger partial charge on any atom is -0.292 e. The van der Waals surface area contributed by atoms with Gasteiger partial charge in [-0.3, -0.25) is 14.7 Å². The Morgan fingerprint density at radius 2 is 1.40 bits per heavy atom. The van der Waals surface area contributed by atoms with Crippen LogP contribution in [0.15, 0.2) is 103 Å². The van der Waals surface area contributed by atoms with Gasteiger partial charge in [0.25, 0.3) is 5.69 Å². The number of benzene rings is 4. The fraction of sp³-hybridized carbons (Fsp3) is 0. The number of para-hydroxylation sites is 2. The van der Waals surface area contributed by atoms with Crippen molar-refractivity contribution in [3.05, 3.63) is 113 Å². The summed E-state index contributed by atoms with van der Waals surface area (Å²) in [6.07, 6.45) is 0. The number of aromatic nitrogens is 2. The van der Waals surface area contributed by atoms with E-state index in [0.717, 1.165) is 33.7 Å². The van der Waals surface area contributed by atoms with Gasteiger partial charge in [0.2, 0.25) is 0 Å². The van der Waals surface area contributed by atoms with Crippen LogP contribution < -0.4 is 0 Å². The second-order valence-electron chi connectivity index (χ2n) is 6.95. The second-order valence-corrected chi connectivity index (χ2v) is 6.95. The molecule has 5 nitrogen and oxygen atoms in total. The average Bonchev–Trinajstić information content (AvgIpc) is 3.19. The van der Waals surface area contributed by atoms with Gasteiger partial charge in [-0.05, 0) is 35.9 Å². The normalized spacial score (nSPS) is 10.9. The van der Waals surface area contributed by atoms with Crippen LogP contribution in [-0.2, 0) is 0 Å². The molecule has 1 heterocycles. The highest BCUT2D eigenvalue weighted by Gasteiger charge is 2.18. The largest absolute Gasteiger partial charge is 0.292 e. The topological polar surface area (TPSA) is 61.0 Å². The maximum absolute atomic E-state index is 11.5.